The third-order valence-corrected chi connectivity index (χ3v) is 4.70. The normalized spacial score (nSPS) is 24.8. The monoisotopic (exact) mass is 293 g/mol. The number of aromatic hydroxyl groups is 1. The number of nitrogens with zero attached hydrogens (tertiary/aromatic N) is 1. The van der Waals surface area contributed by atoms with Gasteiger partial charge >= 0.3 is 0 Å². The molecule has 0 aromatic heterocycles. The first-order valence-corrected chi connectivity index (χ1v) is 7.37. The van der Waals surface area contributed by atoms with Crippen LogP contribution in [0.2, 0.25) is 0 Å². The largest absolute Gasteiger partial charge is 0.504 e. The van der Waals surface area contributed by atoms with Gasteiger partial charge in [0.05, 0.1) is 12.7 Å². The van der Waals surface area contributed by atoms with Crippen molar-refractivity contribution in [2.24, 2.45) is 0 Å². The topological polar surface area (TPSA) is 51.2 Å². The highest BCUT2D eigenvalue weighted by atomic mass is 16.7. The Kier molecular flexibility index (Phi) is 3.82. The Morgan fingerprint density at radius 3 is 2.62 bits per heavy atom. The first-order valence-electron chi connectivity index (χ1n) is 7.37. The maximum Gasteiger partial charge on any atom is 0.162 e. The van der Waals surface area contributed by atoms with Gasteiger partial charge in [0, 0.05) is 26.6 Å². The van der Waals surface area contributed by atoms with E-state index in [4.69, 9.17) is 14.2 Å². The molecule has 21 heavy (non-hydrogen) atoms. The second kappa shape index (κ2) is 5.48. The number of rotatable bonds is 2. The summed E-state index contributed by atoms with van der Waals surface area (Å²) in [6.07, 6.45) is 2.25. The van der Waals surface area contributed by atoms with Gasteiger partial charge in [-0.25, -0.2) is 0 Å². The molecule has 1 atom stereocenters. The van der Waals surface area contributed by atoms with Gasteiger partial charge < -0.3 is 24.2 Å². The number of hydrogen-bond acceptors (Lipinski definition) is 5. The molecule has 116 valence electrons. The zero-order chi connectivity index (χ0) is 15.0. The molecule has 0 aliphatic carbocycles. The van der Waals surface area contributed by atoms with Crippen molar-refractivity contribution in [1.29, 1.82) is 0 Å². The molecule has 2 aliphatic heterocycles. The summed E-state index contributed by atoms with van der Waals surface area (Å²) < 4.78 is 17.0. The Labute approximate surface area is 125 Å². The summed E-state index contributed by atoms with van der Waals surface area (Å²) in [6, 6.07) is 3.73. The van der Waals surface area contributed by atoms with E-state index in [1.807, 2.05) is 12.1 Å². The molecule has 1 unspecified atom stereocenters. The van der Waals surface area contributed by atoms with Gasteiger partial charge in [0.25, 0.3) is 0 Å². The fourth-order valence-electron chi connectivity index (χ4n) is 3.40. The highest BCUT2D eigenvalue weighted by molar-refractivity contribution is 5.49. The van der Waals surface area contributed by atoms with Gasteiger partial charge in [-0.15, -0.1) is 0 Å². The Hall–Kier alpha value is -1.30. The van der Waals surface area contributed by atoms with Gasteiger partial charge in [-0.2, -0.15) is 0 Å². The Balaban J connectivity index is 2.05. The van der Waals surface area contributed by atoms with Crippen molar-refractivity contribution in [1.82, 2.24) is 4.90 Å². The minimum atomic E-state index is -0.357. The number of fused-ring (bicyclic) bond motifs is 2. The molecule has 0 saturated carbocycles. The van der Waals surface area contributed by atoms with Crippen molar-refractivity contribution in [3.05, 3.63) is 23.3 Å². The molecule has 5 nitrogen and oxygen atoms in total. The first-order chi connectivity index (χ1) is 10.1. The van der Waals surface area contributed by atoms with E-state index in [0.717, 1.165) is 37.1 Å². The maximum absolute atomic E-state index is 10.1. The summed E-state index contributed by atoms with van der Waals surface area (Å²) in [5.41, 5.74) is 1.87. The van der Waals surface area contributed by atoms with Crippen molar-refractivity contribution in [3.63, 3.8) is 0 Å². The van der Waals surface area contributed by atoms with Gasteiger partial charge in [0.15, 0.2) is 17.8 Å². The second-order valence-corrected chi connectivity index (χ2v) is 5.97. The molecule has 1 fully saturated rings. The van der Waals surface area contributed by atoms with E-state index >= 15 is 0 Å². The van der Waals surface area contributed by atoms with Gasteiger partial charge in [0.1, 0.15) is 0 Å². The molecule has 0 bridgehead atoms. The molecule has 5 heteroatoms. The standard InChI is InChI=1S/C16H23NO4/c1-17-6-4-16(5-7-17)12-10-13(18)14(19-2)8-11(12)9-15(20-3)21-16/h8,10,15,18H,4-7,9H2,1-3H3. The van der Waals surface area contributed by atoms with Gasteiger partial charge in [0.2, 0.25) is 0 Å². The molecule has 0 amide bonds. The molecule has 2 heterocycles. The van der Waals surface area contributed by atoms with Crippen molar-refractivity contribution >= 4 is 0 Å². The predicted molar refractivity (Wildman–Crippen MR) is 78.7 cm³/mol. The summed E-state index contributed by atoms with van der Waals surface area (Å²) in [5, 5.41) is 10.1. The molecule has 3 rings (SSSR count). The lowest BCUT2D eigenvalue weighted by atomic mass is 9.79. The number of phenolic OH excluding ortho intramolecular Hbond substituents is 1. The number of benzene rings is 1. The lowest BCUT2D eigenvalue weighted by Gasteiger charge is -2.46. The summed E-state index contributed by atoms with van der Waals surface area (Å²) in [4.78, 5) is 2.30. The average molecular weight is 293 g/mol. The lowest BCUT2D eigenvalue weighted by Crippen LogP contribution is -2.48. The van der Waals surface area contributed by atoms with E-state index in [1.165, 1.54) is 0 Å². The number of phenols is 1. The van der Waals surface area contributed by atoms with E-state index in [-0.39, 0.29) is 17.6 Å². The minimum absolute atomic E-state index is 0.175. The predicted octanol–water partition coefficient (Wildman–Crippen LogP) is 1.87. The van der Waals surface area contributed by atoms with Crippen molar-refractivity contribution in [2.75, 3.05) is 34.4 Å². The second-order valence-electron chi connectivity index (χ2n) is 5.97. The van der Waals surface area contributed by atoms with Crippen LogP contribution in [0.25, 0.3) is 0 Å². The van der Waals surface area contributed by atoms with Crippen LogP contribution in [0.5, 0.6) is 11.5 Å². The number of methoxy groups -OCH3 is 2. The van der Waals surface area contributed by atoms with Crippen LogP contribution in [-0.4, -0.2) is 50.7 Å². The summed E-state index contributed by atoms with van der Waals surface area (Å²) in [7, 11) is 5.37. The Bertz CT molecular complexity index is 523. The third kappa shape index (κ3) is 2.50. The fourth-order valence-corrected chi connectivity index (χ4v) is 3.40. The van der Waals surface area contributed by atoms with Crippen LogP contribution in [-0.2, 0) is 21.5 Å². The van der Waals surface area contributed by atoms with Crippen LogP contribution >= 0.6 is 0 Å². The molecular weight excluding hydrogens is 270 g/mol. The molecule has 2 aliphatic rings. The van der Waals surface area contributed by atoms with Crippen LogP contribution in [0.3, 0.4) is 0 Å². The zero-order valence-electron chi connectivity index (χ0n) is 12.9. The molecule has 0 radical (unpaired) electrons. The van der Waals surface area contributed by atoms with Crippen molar-refractivity contribution in [3.8, 4) is 11.5 Å². The quantitative estimate of drug-likeness (QED) is 0.902. The molecule has 1 N–H and O–H groups in total. The average Bonchev–Trinajstić information content (AvgIpc) is 2.50. The molecule has 1 saturated heterocycles. The van der Waals surface area contributed by atoms with E-state index in [1.54, 1.807) is 14.2 Å². The maximum atomic E-state index is 10.1. The zero-order valence-corrected chi connectivity index (χ0v) is 12.9. The number of likely N-dealkylation sites (tertiary alicyclic amines) is 1. The van der Waals surface area contributed by atoms with Crippen LogP contribution in [0, 0.1) is 0 Å². The van der Waals surface area contributed by atoms with Gasteiger partial charge in [-0.05, 0) is 43.1 Å². The lowest BCUT2D eigenvalue weighted by molar-refractivity contribution is -0.226. The van der Waals surface area contributed by atoms with Crippen molar-refractivity contribution < 1.29 is 19.3 Å². The van der Waals surface area contributed by atoms with E-state index < -0.39 is 0 Å². The van der Waals surface area contributed by atoms with E-state index in [2.05, 4.69) is 11.9 Å². The van der Waals surface area contributed by atoms with E-state index in [0.29, 0.717) is 12.2 Å². The van der Waals surface area contributed by atoms with E-state index in [9.17, 15) is 5.11 Å². The van der Waals surface area contributed by atoms with Crippen LogP contribution in [0.15, 0.2) is 12.1 Å². The third-order valence-electron chi connectivity index (χ3n) is 4.70. The Morgan fingerprint density at radius 1 is 1.29 bits per heavy atom. The number of piperidine rings is 1. The SMILES string of the molecule is COc1cc2c(cc1O)C1(CCN(C)CC1)OC(OC)C2. The van der Waals surface area contributed by atoms with Crippen LogP contribution < -0.4 is 4.74 Å². The summed E-state index contributed by atoms with van der Waals surface area (Å²) in [6.45, 7) is 1.95. The van der Waals surface area contributed by atoms with Crippen molar-refractivity contribution in [2.45, 2.75) is 31.2 Å². The minimum Gasteiger partial charge on any atom is -0.504 e. The van der Waals surface area contributed by atoms with Gasteiger partial charge in [-0.3, -0.25) is 0 Å². The fraction of sp³-hybridized carbons (Fsp3) is 0.625. The van der Waals surface area contributed by atoms with Gasteiger partial charge in [-0.1, -0.05) is 0 Å². The first kappa shape index (κ1) is 14.6. The van der Waals surface area contributed by atoms with Crippen LogP contribution in [0.1, 0.15) is 24.0 Å². The number of hydrogen-bond donors (Lipinski definition) is 1. The summed E-state index contributed by atoms with van der Waals surface area (Å²) in [5.74, 6) is 0.683. The van der Waals surface area contributed by atoms with Crippen LogP contribution in [0.4, 0.5) is 0 Å². The molecule has 1 spiro atoms. The smallest absolute Gasteiger partial charge is 0.162 e. The molecule has 1 aromatic rings. The summed E-state index contributed by atoms with van der Waals surface area (Å²) >= 11 is 0. The highest BCUT2D eigenvalue weighted by Crippen LogP contribution is 2.46. The Morgan fingerprint density at radius 2 is 2.00 bits per heavy atom. The highest BCUT2D eigenvalue weighted by Gasteiger charge is 2.44. The molecule has 1 aromatic carbocycles. The molecular formula is C16H23NO4. The number of ether oxygens (including phenoxy) is 3.